The minimum absolute atomic E-state index is 0. The molecule has 0 bridgehead atoms. The molecule has 1 N–H and O–H groups in total. The number of amides is 2. The van der Waals surface area contributed by atoms with E-state index in [-0.39, 0.29) is 78.2 Å². The van der Waals surface area contributed by atoms with Crippen LogP contribution in [0.15, 0.2) is 35.3 Å². The van der Waals surface area contributed by atoms with Crippen LogP contribution in [0.5, 0.6) is 0 Å². The first-order valence-corrected chi connectivity index (χ1v) is 12.2. The number of rotatable bonds is 7. The van der Waals surface area contributed by atoms with Gasteiger partial charge in [-0.3, -0.25) is 14.4 Å². The topological polar surface area (TPSA) is 118 Å². The van der Waals surface area contributed by atoms with E-state index >= 15 is 0 Å². The Hall–Kier alpha value is -2.01. The third-order valence-electron chi connectivity index (χ3n) is 6.50. The molecule has 168 valence electrons. The second-order valence-corrected chi connectivity index (χ2v) is 11.3. The Morgan fingerprint density at radius 2 is 1.94 bits per heavy atom. The molecule has 5 rings (SSSR count). The quantitative estimate of drug-likeness (QED) is 0.349. The van der Waals surface area contributed by atoms with Gasteiger partial charge in [-0.25, -0.2) is 8.42 Å². The second kappa shape index (κ2) is 8.98. The van der Waals surface area contributed by atoms with E-state index < -0.39 is 26.1 Å². The Labute approximate surface area is 213 Å². The number of nitrogens with one attached hydrogen (secondary N) is 1. The Morgan fingerprint density at radius 1 is 1.18 bits per heavy atom. The van der Waals surface area contributed by atoms with Gasteiger partial charge in [0.2, 0.25) is 0 Å². The second-order valence-electron chi connectivity index (χ2n) is 8.72. The number of carbonyl (C=O) groups excluding carboxylic acids is 2. The van der Waals surface area contributed by atoms with Crippen molar-refractivity contribution in [3.63, 3.8) is 0 Å². The number of pyridine rings is 2. The smallest absolute Gasteiger partial charge is 0.394 e. The predicted molar refractivity (Wildman–Crippen MR) is 115 cm³/mol. The maximum atomic E-state index is 13.0. The molecular weight excluding hydrogens is 455 g/mol. The van der Waals surface area contributed by atoms with Crippen LogP contribution in [0.4, 0.5) is 0 Å². The third-order valence-corrected chi connectivity index (χ3v) is 9.60. The van der Waals surface area contributed by atoms with Crippen LogP contribution in [-0.2, 0) is 22.9 Å². The summed E-state index contributed by atoms with van der Waals surface area (Å²) in [5.74, 6) is -0.898. The van der Waals surface area contributed by atoms with Crippen LogP contribution in [0, 0.1) is 6.20 Å². The Morgan fingerprint density at radius 3 is 2.58 bits per heavy atom. The molecule has 3 heterocycles. The number of carbonyl (C=O) groups is 2. The van der Waals surface area contributed by atoms with Crippen molar-refractivity contribution in [1.29, 1.82) is 0 Å². The summed E-state index contributed by atoms with van der Waals surface area (Å²) in [6.45, 7) is 0.847. The van der Waals surface area contributed by atoms with Crippen molar-refractivity contribution in [1.82, 2.24) is 19.8 Å². The van der Waals surface area contributed by atoms with Crippen molar-refractivity contribution >= 4 is 21.7 Å². The van der Waals surface area contributed by atoms with Gasteiger partial charge in [-0.15, -0.1) is 5.56 Å². The molecule has 0 atom stereocenters. The van der Waals surface area contributed by atoms with Crippen molar-refractivity contribution < 1.29 is 47.6 Å². The van der Waals surface area contributed by atoms with Crippen LogP contribution in [0.2, 0.25) is 0 Å². The van der Waals surface area contributed by atoms with Gasteiger partial charge in [0, 0.05) is 26.2 Å². The standard InChI is InChI=1S/C22H23N4O5S.Na/c27-19(24-13-15-2-1-9-23-12-15)17-5-6-18-21(29)25(10-11-26(18)20(17)28)14-22(7-8-22)32(30,31)16-3-4-16;/h1-2,5-6,12,16H,3-4,7-8,10-11,13-14H2,(H,24,27);/q-1;+1. The van der Waals surface area contributed by atoms with Crippen LogP contribution in [0.1, 0.15) is 52.1 Å². The van der Waals surface area contributed by atoms with Gasteiger partial charge in [-0.2, -0.15) is 12.1 Å². The van der Waals surface area contributed by atoms with E-state index in [1.807, 2.05) is 0 Å². The van der Waals surface area contributed by atoms with E-state index in [1.54, 1.807) is 23.2 Å². The fourth-order valence-corrected chi connectivity index (χ4v) is 6.75. The normalized spacial score (nSPS) is 18.8. The summed E-state index contributed by atoms with van der Waals surface area (Å²) in [4.78, 5) is 43.9. The fraction of sp³-hybridized carbons (Fsp3) is 0.455. The van der Waals surface area contributed by atoms with Gasteiger partial charge >= 0.3 is 29.6 Å². The monoisotopic (exact) mass is 478 g/mol. The zero-order valence-corrected chi connectivity index (χ0v) is 21.2. The SMILES string of the molecule is O=C(NCc1cc[c-]nc1)c1ccc2n(c1=O)CCN(CC1(S(=O)(=O)C3CC3)CC1)C2=O.[Na+]. The minimum atomic E-state index is -3.23. The van der Waals surface area contributed by atoms with Gasteiger partial charge in [-0.05, 0) is 37.8 Å². The summed E-state index contributed by atoms with van der Waals surface area (Å²) in [5.41, 5.74) is 0.385. The van der Waals surface area contributed by atoms with E-state index in [2.05, 4.69) is 16.5 Å². The van der Waals surface area contributed by atoms with Crippen LogP contribution in [0.3, 0.4) is 0 Å². The molecule has 2 saturated carbocycles. The summed E-state index contributed by atoms with van der Waals surface area (Å²) < 4.78 is 26.1. The molecule has 33 heavy (non-hydrogen) atoms. The van der Waals surface area contributed by atoms with Crippen molar-refractivity contribution in [3.05, 3.63) is 63.8 Å². The van der Waals surface area contributed by atoms with E-state index in [0.717, 1.165) is 5.56 Å². The molecule has 3 aliphatic rings. The average Bonchev–Trinajstić information content (AvgIpc) is 3.69. The zero-order chi connectivity index (χ0) is 22.5. The van der Waals surface area contributed by atoms with Gasteiger partial charge in [-0.1, -0.05) is 12.4 Å². The largest absolute Gasteiger partial charge is 1.00 e. The number of nitrogens with zero attached hydrogens (tertiary/aromatic N) is 3. The maximum absolute atomic E-state index is 13.0. The summed E-state index contributed by atoms with van der Waals surface area (Å²) in [6, 6.07) is 6.22. The number of hydrogen-bond donors (Lipinski definition) is 1. The van der Waals surface area contributed by atoms with Crippen molar-refractivity contribution in [2.24, 2.45) is 0 Å². The molecule has 11 heteroatoms. The molecule has 0 aromatic carbocycles. The summed E-state index contributed by atoms with van der Waals surface area (Å²) in [7, 11) is -3.23. The van der Waals surface area contributed by atoms with Crippen LogP contribution < -0.4 is 40.4 Å². The van der Waals surface area contributed by atoms with Crippen molar-refractivity contribution in [2.75, 3.05) is 13.1 Å². The molecule has 9 nitrogen and oxygen atoms in total. The first kappa shape index (κ1) is 24.1. The average molecular weight is 479 g/mol. The zero-order valence-electron chi connectivity index (χ0n) is 18.4. The molecule has 2 aliphatic carbocycles. The number of sulfone groups is 1. The van der Waals surface area contributed by atoms with Gasteiger partial charge in [0.1, 0.15) is 11.3 Å². The number of aromatic nitrogens is 2. The minimum Gasteiger partial charge on any atom is -0.394 e. The molecule has 1 aliphatic heterocycles. The van der Waals surface area contributed by atoms with Crippen LogP contribution in [-0.4, -0.2) is 57.8 Å². The summed E-state index contributed by atoms with van der Waals surface area (Å²) in [5, 5.41) is 2.43. The predicted octanol–water partition coefficient (Wildman–Crippen LogP) is -2.46. The molecule has 0 unspecified atom stereocenters. The molecule has 2 fully saturated rings. The first-order valence-electron chi connectivity index (χ1n) is 10.7. The van der Waals surface area contributed by atoms with Crippen LogP contribution in [0.25, 0.3) is 0 Å². The first-order chi connectivity index (χ1) is 15.3. The molecule has 0 spiro atoms. The molecule has 0 saturated heterocycles. The summed E-state index contributed by atoms with van der Waals surface area (Å²) in [6.07, 6.45) is 6.80. The number of hydrogen-bond acceptors (Lipinski definition) is 6. The van der Waals surface area contributed by atoms with Gasteiger partial charge in [0.25, 0.3) is 17.4 Å². The van der Waals surface area contributed by atoms with E-state index in [0.29, 0.717) is 25.7 Å². The van der Waals surface area contributed by atoms with Crippen molar-refractivity contribution in [3.8, 4) is 0 Å². The molecule has 2 aromatic rings. The molecular formula is C22H23N4NaO5S. The van der Waals surface area contributed by atoms with Gasteiger partial charge < -0.3 is 19.8 Å². The van der Waals surface area contributed by atoms with E-state index in [9.17, 15) is 22.8 Å². The van der Waals surface area contributed by atoms with Crippen LogP contribution >= 0.6 is 0 Å². The summed E-state index contributed by atoms with van der Waals surface area (Å²) >= 11 is 0. The van der Waals surface area contributed by atoms with Crippen molar-refractivity contribution in [2.45, 2.75) is 48.8 Å². The number of fused-ring (bicyclic) bond motifs is 1. The molecule has 0 radical (unpaired) electrons. The third kappa shape index (κ3) is 4.41. The Balaban J connectivity index is 0.00000259. The maximum Gasteiger partial charge on any atom is 1.00 e. The van der Waals surface area contributed by atoms with E-state index in [4.69, 9.17) is 0 Å². The fourth-order valence-electron chi connectivity index (χ4n) is 4.28. The molecule has 2 aromatic heterocycles. The Kier molecular flexibility index (Phi) is 6.56. The molecule has 2 amide bonds. The van der Waals surface area contributed by atoms with Gasteiger partial charge in [0.15, 0.2) is 9.84 Å². The van der Waals surface area contributed by atoms with E-state index in [1.165, 1.54) is 16.7 Å². The Bertz CT molecular complexity index is 1250. The van der Waals surface area contributed by atoms with Gasteiger partial charge in [0.05, 0.1) is 10.00 Å².